The van der Waals surface area contributed by atoms with E-state index in [4.69, 9.17) is 44.9 Å². The average molecular weight is 466 g/mol. The molecule has 1 amide bonds. The molecule has 0 N–H and O–H groups in total. The van der Waals surface area contributed by atoms with E-state index in [1.807, 2.05) is 30.3 Å². The molecule has 0 spiro atoms. The molecule has 2 aromatic carbocycles. The summed E-state index contributed by atoms with van der Waals surface area (Å²) in [7, 11) is 0. The predicted octanol–water partition coefficient (Wildman–Crippen LogP) is 5.84. The molecule has 0 saturated carbocycles. The van der Waals surface area contributed by atoms with Crippen LogP contribution in [0.1, 0.15) is 5.56 Å². The third kappa shape index (κ3) is 5.54. The minimum absolute atomic E-state index is 0.162. The van der Waals surface area contributed by atoms with E-state index >= 15 is 0 Å². The topological polar surface area (TPSA) is 38.8 Å². The summed E-state index contributed by atoms with van der Waals surface area (Å²) in [6, 6.07) is 12.8. The Hall–Kier alpha value is -1.99. The Morgan fingerprint density at radius 3 is 2.41 bits per heavy atom. The molecule has 8 heteroatoms. The fourth-order valence-electron chi connectivity index (χ4n) is 2.56. The zero-order valence-electron chi connectivity index (χ0n) is 15.3. The standard InChI is InChI=1S/C21H17Cl2NO3S2/c1-2-8-24-20(25)18(29-21(24)28)13-14-11-16(22)19(17(23)12-14)27-10-9-26-15-6-4-3-5-7-15/h2-7,11-13H,1,8-10H2/b18-13-. The molecule has 0 radical (unpaired) electrons. The Bertz CT molecular complexity index is 941. The number of benzene rings is 2. The van der Waals surface area contributed by atoms with Gasteiger partial charge in [-0.15, -0.1) is 6.58 Å². The summed E-state index contributed by atoms with van der Waals surface area (Å²) < 4.78 is 11.8. The van der Waals surface area contributed by atoms with Crippen LogP contribution in [-0.2, 0) is 4.79 Å². The Labute approximate surface area is 189 Å². The molecule has 0 aliphatic carbocycles. The number of amides is 1. The van der Waals surface area contributed by atoms with Gasteiger partial charge in [-0.25, -0.2) is 0 Å². The Morgan fingerprint density at radius 1 is 1.10 bits per heavy atom. The van der Waals surface area contributed by atoms with Crippen LogP contribution in [0.2, 0.25) is 10.0 Å². The molecule has 1 aliphatic rings. The van der Waals surface area contributed by atoms with E-state index in [1.54, 1.807) is 24.3 Å². The molecule has 2 aromatic rings. The lowest BCUT2D eigenvalue weighted by molar-refractivity contribution is -0.121. The minimum atomic E-state index is -0.162. The Balaban J connectivity index is 1.65. The van der Waals surface area contributed by atoms with Crippen molar-refractivity contribution < 1.29 is 14.3 Å². The number of thiocarbonyl (C=S) groups is 1. The monoisotopic (exact) mass is 465 g/mol. The summed E-state index contributed by atoms with van der Waals surface area (Å²) in [5.41, 5.74) is 0.687. The van der Waals surface area contributed by atoms with Crippen molar-refractivity contribution in [3.63, 3.8) is 0 Å². The second kappa shape index (κ2) is 10.2. The van der Waals surface area contributed by atoms with Gasteiger partial charge >= 0.3 is 0 Å². The van der Waals surface area contributed by atoms with Crippen LogP contribution < -0.4 is 9.47 Å². The first-order chi connectivity index (χ1) is 14.0. The van der Waals surface area contributed by atoms with E-state index < -0.39 is 0 Å². The van der Waals surface area contributed by atoms with Gasteiger partial charge in [0.15, 0.2) is 5.75 Å². The molecule has 3 rings (SSSR count). The molecule has 0 atom stereocenters. The molecule has 150 valence electrons. The van der Waals surface area contributed by atoms with Crippen molar-refractivity contribution >= 4 is 63.5 Å². The van der Waals surface area contributed by atoms with Gasteiger partial charge in [0.05, 0.1) is 15.0 Å². The molecule has 0 aromatic heterocycles. The summed E-state index contributed by atoms with van der Waals surface area (Å²) in [4.78, 5) is 14.4. The van der Waals surface area contributed by atoms with Crippen molar-refractivity contribution in [2.24, 2.45) is 0 Å². The van der Waals surface area contributed by atoms with E-state index in [1.165, 1.54) is 16.7 Å². The molecule has 4 nitrogen and oxygen atoms in total. The Kier molecular flexibility index (Phi) is 7.61. The predicted molar refractivity (Wildman–Crippen MR) is 124 cm³/mol. The number of hydrogen-bond acceptors (Lipinski definition) is 5. The maximum absolute atomic E-state index is 12.4. The van der Waals surface area contributed by atoms with Gasteiger partial charge in [-0.1, -0.05) is 71.5 Å². The lowest BCUT2D eigenvalue weighted by Gasteiger charge is -2.12. The third-order valence-corrected chi connectivity index (χ3v) is 5.78. The smallest absolute Gasteiger partial charge is 0.266 e. The normalized spacial score (nSPS) is 15.1. The van der Waals surface area contributed by atoms with Crippen LogP contribution in [0.15, 0.2) is 60.0 Å². The highest BCUT2D eigenvalue weighted by Crippen LogP contribution is 2.37. The molecule has 29 heavy (non-hydrogen) atoms. The van der Waals surface area contributed by atoms with Crippen LogP contribution in [0.3, 0.4) is 0 Å². The molecular weight excluding hydrogens is 449 g/mol. The van der Waals surface area contributed by atoms with Crippen molar-refractivity contribution in [3.05, 3.63) is 75.6 Å². The molecule has 1 saturated heterocycles. The van der Waals surface area contributed by atoms with E-state index in [0.29, 0.717) is 43.7 Å². The molecular formula is C21H17Cl2NO3S2. The van der Waals surface area contributed by atoms with Crippen LogP contribution in [0.25, 0.3) is 6.08 Å². The Morgan fingerprint density at radius 2 is 1.76 bits per heavy atom. The lowest BCUT2D eigenvalue weighted by Crippen LogP contribution is -2.27. The van der Waals surface area contributed by atoms with Gasteiger partial charge in [0.1, 0.15) is 23.3 Å². The number of carbonyl (C=O) groups is 1. The number of halogens is 2. The number of rotatable bonds is 8. The molecule has 0 bridgehead atoms. The van der Waals surface area contributed by atoms with Crippen molar-refractivity contribution in [3.8, 4) is 11.5 Å². The SMILES string of the molecule is C=CCN1C(=O)/C(=C/c2cc(Cl)c(OCCOc3ccccc3)c(Cl)c2)SC1=S. The lowest BCUT2D eigenvalue weighted by atomic mass is 10.2. The molecule has 1 fully saturated rings. The number of para-hydroxylation sites is 1. The van der Waals surface area contributed by atoms with Crippen molar-refractivity contribution in [2.45, 2.75) is 0 Å². The number of thioether (sulfide) groups is 1. The number of hydrogen-bond donors (Lipinski definition) is 0. The quantitative estimate of drug-likeness (QED) is 0.212. The van der Waals surface area contributed by atoms with Crippen LogP contribution in [0.5, 0.6) is 11.5 Å². The van der Waals surface area contributed by atoms with Crippen molar-refractivity contribution in [1.29, 1.82) is 0 Å². The summed E-state index contributed by atoms with van der Waals surface area (Å²) in [6.07, 6.45) is 3.34. The highest BCUT2D eigenvalue weighted by atomic mass is 35.5. The molecule has 0 unspecified atom stereocenters. The van der Waals surface area contributed by atoms with Crippen LogP contribution in [0, 0.1) is 0 Å². The maximum Gasteiger partial charge on any atom is 0.266 e. The number of carbonyl (C=O) groups excluding carboxylic acids is 1. The second-order valence-electron chi connectivity index (χ2n) is 5.90. The fraction of sp³-hybridized carbons (Fsp3) is 0.143. The zero-order valence-corrected chi connectivity index (χ0v) is 18.4. The van der Waals surface area contributed by atoms with Crippen LogP contribution >= 0.6 is 47.2 Å². The fourth-order valence-corrected chi connectivity index (χ4v) is 4.45. The second-order valence-corrected chi connectivity index (χ2v) is 8.39. The zero-order chi connectivity index (χ0) is 20.8. The van der Waals surface area contributed by atoms with E-state index in [2.05, 4.69) is 6.58 Å². The van der Waals surface area contributed by atoms with Gasteiger partial charge in [-0.3, -0.25) is 9.69 Å². The van der Waals surface area contributed by atoms with E-state index in [9.17, 15) is 4.79 Å². The minimum Gasteiger partial charge on any atom is -0.490 e. The van der Waals surface area contributed by atoms with Gasteiger partial charge in [0, 0.05) is 6.54 Å². The summed E-state index contributed by atoms with van der Waals surface area (Å²) in [5.74, 6) is 0.976. The van der Waals surface area contributed by atoms with Crippen LogP contribution in [0.4, 0.5) is 0 Å². The highest BCUT2D eigenvalue weighted by molar-refractivity contribution is 8.26. The van der Waals surface area contributed by atoms with Gasteiger partial charge in [-0.05, 0) is 35.9 Å². The number of nitrogens with zero attached hydrogens (tertiary/aromatic N) is 1. The first kappa shape index (κ1) is 21.7. The summed E-state index contributed by atoms with van der Waals surface area (Å²) in [6.45, 7) is 4.66. The van der Waals surface area contributed by atoms with Crippen molar-refractivity contribution in [2.75, 3.05) is 19.8 Å². The van der Waals surface area contributed by atoms with Crippen LogP contribution in [-0.4, -0.2) is 34.9 Å². The molecule has 1 heterocycles. The maximum atomic E-state index is 12.4. The van der Waals surface area contributed by atoms with Gasteiger partial charge in [-0.2, -0.15) is 0 Å². The first-order valence-corrected chi connectivity index (χ1v) is 10.6. The summed E-state index contributed by atoms with van der Waals surface area (Å²) in [5, 5.41) is 0.704. The van der Waals surface area contributed by atoms with Gasteiger partial charge in [0.2, 0.25) is 0 Å². The number of ether oxygens (including phenoxy) is 2. The highest BCUT2D eigenvalue weighted by Gasteiger charge is 2.31. The first-order valence-electron chi connectivity index (χ1n) is 8.65. The van der Waals surface area contributed by atoms with Crippen molar-refractivity contribution in [1.82, 2.24) is 4.90 Å². The van der Waals surface area contributed by atoms with E-state index in [-0.39, 0.29) is 12.5 Å². The van der Waals surface area contributed by atoms with E-state index in [0.717, 1.165) is 5.75 Å². The summed E-state index contributed by atoms with van der Waals surface area (Å²) >= 11 is 19.2. The largest absolute Gasteiger partial charge is 0.490 e. The average Bonchev–Trinajstić information content (AvgIpc) is 2.95. The molecule has 1 aliphatic heterocycles. The van der Waals surface area contributed by atoms with Gasteiger partial charge < -0.3 is 9.47 Å². The third-order valence-electron chi connectivity index (χ3n) is 3.85. The van der Waals surface area contributed by atoms with Gasteiger partial charge in [0.25, 0.3) is 5.91 Å².